The first-order valence-electron chi connectivity index (χ1n) is 3.96. The van der Waals surface area contributed by atoms with E-state index in [0.29, 0.717) is 11.4 Å². The molecule has 1 heterocycles. The van der Waals surface area contributed by atoms with Crippen LogP contribution in [0.15, 0.2) is 22.4 Å². The average molecular weight is 240 g/mol. The van der Waals surface area contributed by atoms with Gasteiger partial charge < -0.3 is 0 Å². The van der Waals surface area contributed by atoms with Crippen LogP contribution in [0.25, 0.3) is 10.1 Å². The van der Waals surface area contributed by atoms with Gasteiger partial charge in [-0.2, -0.15) is 5.26 Å². The third kappa shape index (κ3) is 1.50. The highest BCUT2D eigenvalue weighted by atomic mass is 35.5. The van der Waals surface area contributed by atoms with E-state index in [1.807, 2.05) is 18.2 Å². The monoisotopic (exact) mass is 239 g/mol. The number of hydrogen-bond donors (Lipinski definition) is 1. The van der Waals surface area contributed by atoms with Crippen molar-refractivity contribution in [3.8, 4) is 6.07 Å². The summed E-state index contributed by atoms with van der Waals surface area (Å²) in [6.45, 7) is 0. The Hall–Kier alpha value is -0.690. The Labute approximate surface area is 96.3 Å². The van der Waals surface area contributed by atoms with Crippen LogP contribution in [-0.4, -0.2) is 0 Å². The predicted octanol–water partition coefficient (Wildman–Crippen LogP) is 3.80. The molecule has 2 aromatic rings. The molecule has 0 unspecified atom stereocenters. The van der Waals surface area contributed by atoms with Gasteiger partial charge in [0.2, 0.25) is 0 Å². The first kappa shape index (κ1) is 9.85. The van der Waals surface area contributed by atoms with Gasteiger partial charge in [-0.05, 0) is 17.7 Å². The van der Waals surface area contributed by atoms with Gasteiger partial charge in [0.25, 0.3) is 0 Å². The normalized spacial score (nSPS) is 10.4. The number of hydrogen-bond acceptors (Lipinski definition) is 3. The summed E-state index contributed by atoms with van der Waals surface area (Å²) in [6.07, 6.45) is 0. The van der Waals surface area contributed by atoms with Gasteiger partial charge in [-0.3, -0.25) is 0 Å². The third-order valence-corrected chi connectivity index (χ3v) is 3.78. The number of rotatable bonds is 1. The molecule has 1 aromatic carbocycles. The Morgan fingerprint density at radius 1 is 1.50 bits per heavy atom. The van der Waals surface area contributed by atoms with Crippen molar-refractivity contribution in [1.29, 1.82) is 5.26 Å². The first-order chi connectivity index (χ1) is 6.76. The summed E-state index contributed by atoms with van der Waals surface area (Å²) in [5.74, 6) is 0.471. The van der Waals surface area contributed by atoms with E-state index in [1.165, 1.54) is 11.3 Å². The number of nitriles is 1. The molecule has 0 aliphatic carbocycles. The molecule has 14 heavy (non-hydrogen) atoms. The number of halogens is 1. The minimum absolute atomic E-state index is 0.471. The van der Waals surface area contributed by atoms with Crippen molar-refractivity contribution < 1.29 is 0 Å². The van der Waals surface area contributed by atoms with E-state index in [4.69, 9.17) is 16.9 Å². The van der Waals surface area contributed by atoms with Crippen molar-refractivity contribution in [3.63, 3.8) is 0 Å². The summed E-state index contributed by atoms with van der Waals surface area (Å²) in [6, 6.07) is 8.07. The van der Waals surface area contributed by atoms with Crippen LogP contribution in [0.3, 0.4) is 0 Å². The fourth-order valence-corrected chi connectivity index (χ4v) is 2.83. The minimum atomic E-state index is 0.471. The van der Waals surface area contributed by atoms with Crippen molar-refractivity contribution in [2.24, 2.45) is 0 Å². The summed E-state index contributed by atoms with van der Waals surface area (Å²) >= 11 is 11.5. The maximum Gasteiger partial charge on any atom is 0.102 e. The van der Waals surface area contributed by atoms with Gasteiger partial charge in [0, 0.05) is 16.0 Å². The van der Waals surface area contributed by atoms with Crippen molar-refractivity contribution in [1.82, 2.24) is 0 Å². The average Bonchev–Trinajstić information content (AvgIpc) is 2.52. The van der Waals surface area contributed by atoms with E-state index >= 15 is 0 Å². The lowest BCUT2D eigenvalue weighted by Crippen LogP contribution is -1.77. The molecule has 2 rings (SSSR count). The van der Waals surface area contributed by atoms with Gasteiger partial charge in [-0.1, -0.05) is 6.07 Å². The van der Waals surface area contributed by atoms with Crippen LogP contribution in [0.5, 0.6) is 0 Å². The zero-order valence-electron chi connectivity index (χ0n) is 7.12. The molecule has 0 N–H and O–H groups in total. The van der Waals surface area contributed by atoms with E-state index in [2.05, 4.69) is 18.7 Å². The number of nitrogens with zero attached hydrogens (tertiary/aromatic N) is 1. The minimum Gasteiger partial charge on any atom is -0.192 e. The van der Waals surface area contributed by atoms with Gasteiger partial charge >= 0.3 is 0 Å². The van der Waals surface area contributed by atoms with E-state index in [-0.39, 0.29) is 0 Å². The van der Waals surface area contributed by atoms with Crippen LogP contribution in [0.1, 0.15) is 11.1 Å². The standard InChI is InChI=1S/C10H6ClNS2/c11-4-6-1-2-9-7(3-6)8(5-12)10(13)14-9/h1-3,13H,4H2. The second-order valence-electron chi connectivity index (χ2n) is 2.86. The highest BCUT2D eigenvalue weighted by Gasteiger charge is 2.09. The second kappa shape index (κ2) is 3.82. The molecule has 0 fully saturated rings. The molecule has 0 bridgehead atoms. The number of thiol groups is 1. The van der Waals surface area contributed by atoms with Gasteiger partial charge in [0.1, 0.15) is 6.07 Å². The molecule has 70 valence electrons. The molecule has 0 spiro atoms. The van der Waals surface area contributed by atoms with E-state index in [9.17, 15) is 0 Å². The van der Waals surface area contributed by atoms with Crippen molar-refractivity contribution in [2.45, 2.75) is 10.1 Å². The molecule has 0 saturated carbocycles. The van der Waals surface area contributed by atoms with Crippen molar-refractivity contribution in [2.75, 3.05) is 0 Å². The highest BCUT2D eigenvalue weighted by Crippen LogP contribution is 2.33. The third-order valence-electron chi connectivity index (χ3n) is 2.00. The van der Waals surface area contributed by atoms with Crippen LogP contribution >= 0.6 is 35.6 Å². The lowest BCUT2D eigenvalue weighted by atomic mass is 10.1. The topological polar surface area (TPSA) is 23.8 Å². The summed E-state index contributed by atoms with van der Waals surface area (Å²) < 4.78 is 1.86. The number of benzene rings is 1. The molecule has 0 amide bonds. The van der Waals surface area contributed by atoms with Crippen molar-refractivity contribution in [3.05, 3.63) is 29.3 Å². The lowest BCUT2D eigenvalue weighted by Gasteiger charge is -1.94. The zero-order chi connectivity index (χ0) is 10.1. The van der Waals surface area contributed by atoms with Gasteiger partial charge in [-0.25, -0.2) is 0 Å². The molecule has 0 radical (unpaired) electrons. The highest BCUT2D eigenvalue weighted by molar-refractivity contribution is 7.83. The Kier molecular flexibility index (Phi) is 2.69. The van der Waals surface area contributed by atoms with Crippen molar-refractivity contribution >= 4 is 45.7 Å². The molecule has 4 heteroatoms. The van der Waals surface area contributed by atoms with E-state index in [0.717, 1.165) is 19.9 Å². The lowest BCUT2D eigenvalue weighted by molar-refractivity contribution is 1.42. The number of thiophene rings is 1. The second-order valence-corrected chi connectivity index (χ2v) is 4.93. The van der Waals surface area contributed by atoms with Crippen LogP contribution in [0.2, 0.25) is 0 Å². The first-order valence-corrected chi connectivity index (χ1v) is 5.76. The molecular weight excluding hydrogens is 234 g/mol. The Balaban J connectivity index is 2.79. The van der Waals surface area contributed by atoms with Gasteiger partial charge in [-0.15, -0.1) is 35.6 Å². The Bertz CT molecular complexity index is 525. The zero-order valence-corrected chi connectivity index (χ0v) is 9.59. The SMILES string of the molecule is N#Cc1c(S)sc2ccc(CCl)cc12. The summed E-state index contributed by atoms with van der Waals surface area (Å²) in [5.41, 5.74) is 1.68. The fourth-order valence-electron chi connectivity index (χ4n) is 1.32. The Morgan fingerprint density at radius 2 is 2.29 bits per heavy atom. The molecule has 0 atom stereocenters. The predicted molar refractivity (Wildman–Crippen MR) is 63.3 cm³/mol. The molecular formula is C10H6ClNS2. The summed E-state index contributed by atoms with van der Waals surface area (Å²) in [7, 11) is 0. The quantitative estimate of drug-likeness (QED) is 0.594. The maximum absolute atomic E-state index is 8.94. The van der Waals surface area contributed by atoms with Crippen LogP contribution < -0.4 is 0 Å². The largest absolute Gasteiger partial charge is 0.192 e. The van der Waals surface area contributed by atoms with Gasteiger partial charge in [0.15, 0.2) is 0 Å². The number of alkyl halides is 1. The summed E-state index contributed by atoms with van der Waals surface area (Å²) in [4.78, 5) is 0. The molecule has 0 aliphatic heterocycles. The van der Waals surface area contributed by atoms with E-state index in [1.54, 1.807) is 0 Å². The Morgan fingerprint density at radius 3 is 2.93 bits per heavy atom. The van der Waals surface area contributed by atoms with Gasteiger partial charge in [0.05, 0.1) is 9.77 Å². The molecule has 0 aliphatic rings. The maximum atomic E-state index is 8.94. The molecule has 1 aromatic heterocycles. The smallest absolute Gasteiger partial charge is 0.102 e. The fraction of sp³-hybridized carbons (Fsp3) is 0.100. The van der Waals surface area contributed by atoms with E-state index < -0.39 is 0 Å². The van der Waals surface area contributed by atoms with Crippen LogP contribution in [0, 0.1) is 11.3 Å². The molecule has 0 saturated heterocycles. The molecule has 1 nitrogen and oxygen atoms in total. The van der Waals surface area contributed by atoms with Crippen LogP contribution in [-0.2, 0) is 5.88 Å². The number of fused-ring (bicyclic) bond motifs is 1. The summed E-state index contributed by atoms with van der Waals surface area (Å²) in [5, 5.41) is 9.90. The van der Waals surface area contributed by atoms with Crippen LogP contribution in [0.4, 0.5) is 0 Å².